The number of methoxy groups -OCH3 is 3. The van der Waals surface area contributed by atoms with Crippen LogP contribution in [0.2, 0.25) is 0 Å². The summed E-state index contributed by atoms with van der Waals surface area (Å²) in [6, 6.07) is 3.32. The van der Waals surface area contributed by atoms with Crippen molar-refractivity contribution >= 4 is 5.91 Å². The van der Waals surface area contributed by atoms with Gasteiger partial charge in [0.25, 0.3) is 5.91 Å². The summed E-state index contributed by atoms with van der Waals surface area (Å²) < 4.78 is 21.4. The number of carbonyl (C=O) groups excluding carboxylic acids is 1. The zero-order valence-corrected chi connectivity index (χ0v) is 13.8. The topological polar surface area (TPSA) is 83.2 Å². The van der Waals surface area contributed by atoms with Gasteiger partial charge in [-0.05, 0) is 25.1 Å². The van der Waals surface area contributed by atoms with E-state index in [-0.39, 0.29) is 11.9 Å². The Bertz CT molecular complexity index is 522. The van der Waals surface area contributed by atoms with Crippen LogP contribution in [0.4, 0.5) is 0 Å². The SMILES string of the molecule is COc1cc(C(=O)N2CCOCC2CCN)cc(OC)c1OC. The Labute approximate surface area is 136 Å². The van der Waals surface area contributed by atoms with Crippen LogP contribution in [0.3, 0.4) is 0 Å². The second-order valence-electron chi connectivity index (χ2n) is 5.22. The molecular weight excluding hydrogens is 300 g/mol. The third-order valence-corrected chi connectivity index (χ3v) is 3.90. The molecule has 1 aromatic carbocycles. The largest absolute Gasteiger partial charge is 0.493 e. The zero-order valence-electron chi connectivity index (χ0n) is 13.8. The second-order valence-corrected chi connectivity index (χ2v) is 5.22. The molecule has 128 valence electrons. The molecule has 7 heteroatoms. The lowest BCUT2D eigenvalue weighted by Crippen LogP contribution is -2.49. The lowest BCUT2D eigenvalue weighted by Gasteiger charge is -2.35. The van der Waals surface area contributed by atoms with Gasteiger partial charge in [0.15, 0.2) is 11.5 Å². The highest BCUT2D eigenvalue weighted by Gasteiger charge is 2.29. The van der Waals surface area contributed by atoms with Gasteiger partial charge in [0.2, 0.25) is 5.75 Å². The number of nitrogens with two attached hydrogens (primary N) is 1. The number of nitrogens with zero attached hydrogens (tertiary/aromatic N) is 1. The zero-order chi connectivity index (χ0) is 16.8. The van der Waals surface area contributed by atoms with Gasteiger partial charge in [-0.3, -0.25) is 4.79 Å². The molecule has 0 aromatic heterocycles. The number of ether oxygens (including phenoxy) is 4. The van der Waals surface area contributed by atoms with Gasteiger partial charge >= 0.3 is 0 Å². The number of rotatable bonds is 6. The standard InChI is InChI=1S/C16H24N2O5/c1-20-13-8-11(9-14(21-2)15(13)22-3)16(19)18-6-7-23-10-12(18)4-5-17/h8-9,12H,4-7,10,17H2,1-3H3. The summed E-state index contributed by atoms with van der Waals surface area (Å²) >= 11 is 0. The summed E-state index contributed by atoms with van der Waals surface area (Å²) in [5.41, 5.74) is 6.13. The molecule has 1 aliphatic heterocycles. The number of carbonyl (C=O) groups is 1. The number of benzene rings is 1. The van der Waals surface area contributed by atoms with E-state index in [1.165, 1.54) is 21.3 Å². The van der Waals surface area contributed by atoms with E-state index in [2.05, 4.69) is 0 Å². The maximum atomic E-state index is 12.9. The van der Waals surface area contributed by atoms with Crippen LogP contribution in [0.15, 0.2) is 12.1 Å². The van der Waals surface area contributed by atoms with Crippen molar-refractivity contribution in [1.82, 2.24) is 4.90 Å². The molecule has 1 unspecified atom stereocenters. The highest BCUT2D eigenvalue weighted by Crippen LogP contribution is 2.38. The van der Waals surface area contributed by atoms with Crippen molar-refractivity contribution in [1.29, 1.82) is 0 Å². The van der Waals surface area contributed by atoms with E-state index in [0.717, 1.165) is 0 Å². The van der Waals surface area contributed by atoms with E-state index < -0.39 is 0 Å². The fourth-order valence-corrected chi connectivity index (χ4v) is 2.72. The Balaban J connectivity index is 2.34. The fraction of sp³-hybridized carbons (Fsp3) is 0.562. The summed E-state index contributed by atoms with van der Waals surface area (Å²) in [5.74, 6) is 1.29. The average Bonchev–Trinajstić information content (AvgIpc) is 2.60. The van der Waals surface area contributed by atoms with Crippen LogP contribution >= 0.6 is 0 Å². The minimum atomic E-state index is -0.0917. The van der Waals surface area contributed by atoms with Gasteiger partial charge < -0.3 is 29.6 Å². The van der Waals surface area contributed by atoms with Gasteiger partial charge in [-0.15, -0.1) is 0 Å². The van der Waals surface area contributed by atoms with Gasteiger partial charge in [-0.25, -0.2) is 0 Å². The summed E-state index contributed by atoms with van der Waals surface area (Å²) in [5, 5.41) is 0. The van der Waals surface area contributed by atoms with Crippen molar-refractivity contribution < 1.29 is 23.7 Å². The first-order valence-electron chi connectivity index (χ1n) is 7.55. The lowest BCUT2D eigenvalue weighted by molar-refractivity contribution is -0.00347. The van der Waals surface area contributed by atoms with Gasteiger partial charge in [0.05, 0.1) is 40.6 Å². The van der Waals surface area contributed by atoms with E-state index in [0.29, 0.717) is 55.5 Å². The first-order valence-corrected chi connectivity index (χ1v) is 7.55. The molecule has 1 fully saturated rings. The van der Waals surface area contributed by atoms with Gasteiger partial charge in [0.1, 0.15) is 0 Å². The molecule has 1 amide bonds. The van der Waals surface area contributed by atoms with Crippen LogP contribution in [0.1, 0.15) is 16.8 Å². The molecule has 0 saturated carbocycles. The van der Waals surface area contributed by atoms with Crippen LogP contribution < -0.4 is 19.9 Å². The predicted molar refractivity (Wildman–Crippen MR) is 85.4 cm³/mol. The van der Waals surface area contributed by atoms with Crippen LogP contribution in [-0.4, -0.2) is 64.5 Å². The van der Waals surface area contributed by atoms with Crippen molar-refractivity contribution in [2.24, 2.45) is 5.73 Å². The molecule has 7 nitrogen and oxygen atoms in total. The average molecular weight is 324 g/mol. The van der Waals surface area contributed by atoms with Crippen LogP contribution in [0.25, 0.3) is 0 Å². The molecule has 2 N–H and O–H groups in total. The highest BCUT2D eigenvalue weighted by molar-refractivity contribution is 5.96. The monoisotopic (exact) mass is 324 g/mol. The Morgan fingerprint density at radius 3 is 2.43 bits per heavy atom. The highest BCUT2D eigenvalue weighted by atomic mass is 16.5. The van der Waals surface area contributed by atoms with E-state index in [1.54, 1.807) is 17.0 Å². The minimum Gasteiger partial charge on any atom is -0.493 e. The third-order valence-electron chi connectivity index (χ3n) is 3.90. The maximum Gasteiger partial charge on any atom is 0.254 e. The van der Waals surface area contributed by atoms with Gasteiger partial charge in [0, 0.05) is 12.1 Å². The van der Waals surface area contributed by atoms with Crippen LogP contribution in [0, 0.1) is 0 Å². The van der Waals surface area contributed by atoms with Crippen molar-refractivity contribution in [2.75, 3.05) is 47.6 Å². The maximum absolute atomic E-state index is 12.9. The van der Waals surface area contributed by atoms with Crippen molar-refractivity contribution in [3.63, 3.8) is 0 Å². The number of amides is 1. The normalized spacial score (nSPS) is 17.7. The smallest absolute Gasteiger partial charge is 0.254 e. The molecule has 0 spiro atoms. The molecule has 0 radical (unpaired) electrons. The van der Waals surface area contributed by atoms with Crippen molar-refractivity contribution in [3.8, 4) is 17.2 Å². The molecular formula is C16H24N2O5. The number of hydrogen-bond donors (Lipinski definition) is 1. The van der Waals surface area contributed by atoms with E-state index in [4.69, 9.17) is 24.7 Å². The van der Waals surface area contributed by atoms with Crippen molar-refractivity contribution in [3.05, 3.63) is 17.7 Å². The molecule has 1 atom stereocenters. The Morgan fingerprint density at radius 1 is 1.26 bits per heavy atom. The number of hydrogen-bond acceptors (Lipinski definition) is 6. The molecule has 1 saturated heterocycles. The Morgan fingerprint density at radius 2 is 1.91 bits per heavy atom. The molecule has 23 heavy (non-hydrogen) atoms. The Kier molecular flexibility index (Phi) is 6.06. The molecule has 0 aliphatic carbocycles. The van der Waals surface area contributed by atoms with E-state index in [9.17, 15) is 4.79 Å². The van der Waals surface area contributed by atoms with E-state index in [1.807, 2.05) is 0 Å². The Hall–Kier alpha value is -1.99. The fourth-order valence-electron chi connectivity index (χ4n) is 2.72. The van der Waals surface area contributed by atoms with Gasteiger partial charge in [-0.1, -0.05) is 0 Å². The molecule has 1 aliphatic rings. The first kappa shape index (κ1) is 17.4. The van der Waals surface area contributed by atoms with Crippen LogP contribution in [-0.2, 0) is 4.74 Å². The quantitative estimate of drug-likeness (QED) is 0.837. The van der Waals surface area contributed by atoms with Crippen molar-refractivity contribution in [2.45, 2.75) is 12.5 Å². The van der Waals surface area contributed by atoms with Crippen LogP contribution in [0.5, 0.6) is 17.2 Å². The lowest BCUT2D eigenvalue weighted by atomic mass is 10.1. The predicted octanol–water partition coefficient (Wildman–Crippen LogP) is 0.902. The molecule has 1 heterocycles. The minimum absolute atomic E-state index is 0.0136. The number of morpholine rings is 1. The van der Waals surface area contributed by atoms with E-state index >= 15 is 0 Å². The summed E-state index contributed by atoms with van der Waals surface area (Å²) in [4.78, 5) is 14.7. The summed E-state index contributed by atoms with van der Waals surface area (Å²) in [6.45, 7) is 2.08. The summed E-state index contributed by atoms with van der Waals surface area (Å²) in [7, 11) is 4.58. The first-order chi connectivity index (χ1) is 11.2. The molecule has 0 bridgehead atoms. The third kappa shape index (κ3) is 3.68. The van der Waals surface area contributed by atoms with Gasteiger partial charge in [-0.2, -0.15) is 0 Å². The molecule has 1 aromatic rings. The second kappa shape index (κ2) is 8.03. The molecule has 2 rings (SSSR count). The summed E-state index contributed by atoms with van der Waals surface area (Å²) in [6.07, 6.45) is 0.705.